The van der Waals surface area contributed by atoms with Crippen molar-refractivity contribution in [3.8, 4) is 10.4 Å². The van der Waals surface area contributed by atoms with E-state index in [4.69, 9.17) is 0 Å². The Morgan fingerprint density at radius 2 is 2.06 bits per heavy atom. The molecule has 1 fully saturated rings. The van der Waals surface area contributed by atoms with Gasteiger partial charge < -0.3 is 20.6 Å². The molecule has 0 bridgehead atoms. The molecule has 1 aliphatic heterocycles. The number of likely N-dealkylation sites (tertiary alicyclic amines) is 1. The van der Waals surface area contributed by atoms with Crippen LogP contribution in [0.25, 0.3) is 10.4 Å². The Morgan fingerprint density at radius 1 is 1.35 bits per heavy atom. The van der Waals surface area contributed by atoms with Gasteiger partial charge in [-0.05, 0) is 72.4 Å². The number of aromatic nitrogens is 2. The van der Waals surface area contributed by atoms with Gasteiger partial charge in [0.25, 0.3) is 11.8 Å². The summed E-state index contributed by atoms with van der Waals surface area (Å²) < 4.78 is 0. The third-order valence-electron chi connectivity index (χ3n) is 6.61. The monoisotopic (exact) mass is 487 g/mol. The first kappa shape index (κ1) is 26.1. The second-order valence-corrected chi connectivity index (χ2v) is 10.9. The predicted molar refractivity (Wildman–Crippen MR) is 136 cm³/mol. The summed E-state index contributed by atoms with van der Waals surface area (Å²) in [5.41, 5.74) is 0.937. The number of hydrogen-bond donors (Lipinski definition) is 3. The molecule has 1 aliphatic rings. The summed E-state index contributed by atoms with van der Waals surface area (Å²) in [7, 11) is 0. The molecule has 0 spiro atoms. The van der Waals surface area contributed by atoms with E-state index < -0.39 is 17.6 Å². The second-order valence-electron chi connectivity index (χ2n) is 9.87. The van der Waals surface area contributed by atoms with Gasteiger partial charge in [-0.2, -0.15) is 0 Å². The average molecular weight is 488 g/mol. The van der Waals surface area contributed by atoms with Crippen molar-refractivity contribution in [1.82, 2.24) is 20.2 Å². The van der Waals surface area contributed by atoms with Crippen molar-refractivity contribution in [2.45, 2.75) is 91.5 Å². The highest BCUT2D eigenvalue weighted by atomic mass is 32.1. The molecule has 3 atom stereocenters. The minimum Gasteiger partial charge on any atom is -0.388 e. The van der Waals surface area contributed by atoms with Gasteiger partial charge in [-0.1, -0.05) is 6.92 Å². The van der Waals surface area contributed by atoms with Crippen LogP contribution < -0.4 is 10.6 Å². The summed E-state index contributed by atoms with van der Waals surface area (Å²) in [5, 5.41) is 16.6. The summed E-state index contributed by atoms with van der Waals surface area (Å²) in [5.74, 6) is 0.209. The number of carbonyl (C=O) groups excluding carboxylic acids is 2. The molecule has 1 saturated heterocycles. The quantitative estimate of drug-likeness (QED) is 0.514. The molecule has 186 valence electrons. The van der Waals surface area contributed by atoms with Crippen molar-refractivity contribution in [3.63, 3.8) is 0 Å². The molecule has 0 radical (unpaired) electrons. The number of nitrogens with zero attached hydrogens (tertiary/aromatic N) is 3. The van der Waals surface area contributed by atoms with Gasteiger partial charge in [0, 0.05) is 30.4 Å². The van der Waals surface area contributed by atoms with Gasteiger partial charge in [-0.3, -0.25) is 9.59 Å². The van der Waals surface area contributed by atoms with Gasteiger partial charge in [-0.15, -0.1) is 11.3 Å². The molecule has 2 aromatic rings. The molecule has 3 heterocycles. The van der Waals surface area contributed by atoms with Crippen LogP contribution in [0.4, 0.5) is 5.82 Å². The fraction of sp³-hybridized carbons (Fsp3) is 0.600. The maximum Gasteiger partial charge on any atom is 0.280 e. The van der Waals surface area contributed by atoms with E-state index in [1.54, 1.807) is 27.0 Å². The van der Waals surface area contributed by atoms with E-state index in [9.17, 15) is 14.7 Å². The van der Waals surface area contributed by atoms with Crippen LogP contribution in [0.1, 0.15) is 86.7 Å². The molecule has 2 amide bonds. The minimum absolute atomic E-state index is 0.135. The maximum atomic E-state index is 13.5. The Labute approximate surface area is 206 Å². The first-order valence-electron chi connectivity index (χ1n) is 12.0. The molecule has 9 heteroatoms. The number of amides is 2. The fourth-order valence-corrected chi connectivity index (χ4v) is 4.81. The first-order valence-corrected chi connectivity index (χ1v) is 12.8. The van der Waals surface area contributed by atoms with Crippen LogP contribution in [0.15, 0.2) is 12.3 Å². The number of pyridine rings is 1. The number of anilines is 1. The summed E-state index contributed by atoms with van der Waals surface area (Å²) in [6, 6.07) is 1.91. The van der Waals surface area contributed by atoms with Crippen LogP contribution in [-0.4, -0.2) is 62.1 Å². The molecule has 34 heavy (non-hydrogen) atoms. The van der Waals surface area contributed by atoms with Crippen molar-refractivity contribution < 1.29 is 14.7 Å². The Morgan fingerprint density at radius 3 is 2.62 bits per heavy atom. The fourth-order valence-electron chi connectivity index (χ4n) is 3.78. The highest BCUT2D eigenvalue weighted by molar-refractivity contribution is 7.17. The molecule has 0 aromatic carbocycles. The van der Waals surface area contributed by atoms with Crippen molar-refractivity contribution in [2.24, 2.45) is 0 Å². The molecule has 3 N–H and O–H groups in total. The Balaban J connectivity index is 2.01. The number of hydrogen-bond acceptors (Lipinski definition) is 7. The van der Waals surface area contributed by atoms with Gasteiger partial charge in [0.2, 0.25) is 0 Å². The Kier molecular flexibility index (Phi) is 7.98. The smallest absolute Gasteiger partial charge is 0.280 e. The second kappa shape index (κ2) is 10.4. The number of rotatable bonds is 8. The van der Waals surface area contributed by atoms with E-state index in [1.165, 1.54) is 11.3 Å². The van der Waals surface area contributed by atoms with Gasteiger partial charge in [0.1, 0.15) is 11.5 Å². The first-order chi connectivity index (χ1) is 15.9. The molecule has 0 saturated carbocycles. The Bertz CT molecular complexity index is 1050. The van der Waals surface area contributed by atoms with Crippen LogP contribution >= 0.6 is 11.3 Å². The molecular weight excluding hydrogens is 450 g/mol. The molecule has 3 rings (SSSR count). The van der Waals surface area contributed by atoms with E-state index in [0.29, 0.717) is 17.5 Å². The largest absolute Gasteiger partial charge is 0.388 e. The van der Waals surface area contributed by atoms with Crippen LogP contribution in [0.5, 0.6) is 0 Å². The zero-order valence-electron chi connectivity index (χ0n) is 21.2. The molecule has 0 unspecified atom stereocenters. The van der Waals surface area contributed by atoms with Gasteiger partial charge in [-0.25, -0.2) is 9.97 Å². The number of nitrogens with one attached hydrogen (secondary N) is 2. The lowest BCUT2D eigenvalue weighted by Gasteiger charge is -2.26. The lowest BCUT2D eigenvalue weighted by Crippen LogP contribution is -2.47. The van der Waals surface area contributed by atoms with Crippen LogP contribution in [0.2, 0.25) is 0 Å². The Hall–Kier alpha value is -2.52. The molecular formula is C25H37N5O3S. The third kappa shape index (κ3) is 5.75. The normalized spacial score (nSPS) is 18.0. The van der Waals surface area contributed by atoms with E-state index in [2.05, 4.69) is 34.4 Å². The van der Waals surface area contributed by atoms with Crippen molar-refractivity contribution >= 4 is 29.0 Å². The number of carbonyl (C=O) groups is 2. The summed E-state index contributed by atoms with van der Waals surface area (Å²) in [6.45, 7) is 13.9. The SMILES string of the molecule is CC[C@@H](C)Nc1cc(C)c(-c2sc(C(=O)N[C@H](C)C(C)(C)O)nc2C(=O)N2CCC[C@@H]2C)cn1. The average Bonchev–Trinajstić information content (AvgIpc) is 3.39. The van der Waals surface area contributed by atoms with Gasteiger partial charge >= 0.3 is 0 Å². The van der Waals surface area contributed by atoms with Crippen LogP contribution in [0.3, 0.4) is 0 Å². The number of aryl methyl sites for hydroxylation is 1. The third-order valence-corrected chi connectivity index (χ3v) is 7.69. The summed E-state index contributed by atoms with van der Waals surface area (Å²) >= 11 is 1.19. The van der Waals surface area contributed by atoms with E-state index >= 15 is 0 Å². The van der Waals surface area contributed by atoms with Gasteiger partial charge in [0.05, 0.1) is 16.5 Å². The zero-order valence-corrected chi connectivity index (χ0v) is 22.0. The maximum absolute atomic E-state index is 13.5. The van der Waals surface area contributed by atoms with E-state index in [1.807, 2.05) is 24.8 Å². The van der Waals surface area contributed by atoms with E-state index in [0.717, 1.165) is 36.2 Å². The van der Waals surface area contributed by atoms with Gasteiger partial charge in [0.15, 0.2) is 5.01 Å². The highest BCUT2D eigenvalue weighted by Gasteiger charge is 2.33. The highest BCUT2D eigenvalue weighted by Crippen LogP contribution is 2.35. The predicted octanol–water partition coefficient (Wildman–Crippen LogP) is 4.24. The van der Waals surface area contributed by atoms with Crippen molar-refractivity contribution in [3.05, 3.63) is 28.5 Å². The van der Waals surface area contributed by atoms with Crippen LogP contribution in [0, 0.1) is 6.92 Å². The lowest BCUT2D eigenvalue weighted by atomic mass is 10.0. The number of aliphatic hydroxyl groups is 1. The molecule has 2 aromatic heterocycles. The summed E-state index contributed by atoms with van der Waals surface area (Å²) in [6.07, 6.45) is 4.64. The van der Waals surface area contributed by atoms with E-state index in [-0.39, 0.29) is 22.7 Å². The lowest BCUT2D eigenvalue weighted by molar-refractivity contribution is 0.0408. The topological polar surface area (TPSA) is 107 Å². The molecule has 8 nitrogen and oxygen atoms in total. The standard InChI is InChI=1S/C25H37N5O3S/c1-8-15(3)27-19-12-14(2)18(13-26-19)21-20(24(32)30-11-9-10-16(30)4)29-23(34-21)22(31)28-17(5)25(6,7)33/h12-13,15-17,33H,8-11H2,1-7H3,(H,26,27)(H,28,31)/t15-,16+,17-/m1/s1. The van der Waals surface area contributed by atoms with Crippen molar-refractivity contribution in [2.75, 3.05) is 11.9 Å². The molecule has 0 aliphatic carbocycles. The number of thiazole rings is 1. The summed E-state index contributed by atoms with van der Waals surface area (Å²) in [4.78, 5) is 38.0. The zero-order chi connectivity index (χ0) is 25.2. The minimum atomic E-state index is -1.08. The van der Waals surface area contributed by atoms with Crippen LogP contribution in [-0.2, 0) is 0 Å². The van der Waals surface area contributed by atoms with Crippen molar-refractivity contribution in [1.29, 1.82) is 0 Å².